The van der Waals surface area contributed by atoms with E-state index in [1.165, 1.54) is 11.2 Å². The van der Waals surface area contributed by atoms with E-state index in [2.05, 4.69) is 15.3 Å². The van der Waals surface area contributed by atoms with Crippen molar-refractivity contribution < 1.29 is 14.7 Å². The summed E-state index contributed by atoms with van der Waals surface area (Å²) in [5.74, 6) is -0.831. The van der Waals surface area contributed by atoms with Crippen molar-refractivity contribution in [1.82, 2.24) is 20.2 Å². The lowest BCUT2D eigenvalue weighted by Gasteiger charge is -2.22. The van der Waals surface area contributed by atoms with E-state index in [1.807, 2.05) is 13.8 Å². The topological polar surface area (TPSA) is 95.4 Å². The van der Waals surface area contributed by atoms with E-state index in [0.29, 0.717) is 12.2 Å². The van der Waals surface area contributed by atoms with Crippen LogP contribution in [0, 0.1) is 5.92 Å². The molecule has 104 valence electrons. The Hall–Kier alpha value is -2.18. The normalized spacial score (nSPS) is 10.3. The largest absolute Gasteiger partial charge is 0.480 e. The zero-order valence-electron chi connectivity index (χ0n) is 11.0. The van der Waals surface area contributed by atoms with Crippen molar-refractivity contribution in [2.24, 2.45) is 5.92 Å². The van der Waals surface area contributed by atoms with Crippen molar-refractivity contribution in [3.63, 3.8) is 0 Å². The molecule has 0 aliphatic heterocycles. The molecule has 19 heavy (non-hydrogen) atoms. The van der Waals surface area contributed by atoms with Gasteiger partial charge in [-0.25, -0.2) is 14.8 Å². The smallest absolute Gasteiger partial charge is 0.323 e. The van der Waals surface area contributed by atoms with Gasteiger partial charge >= 0.3 is 12.0 Å². The summed E-state index contributed by atoms with van der Waals surface area (Å²) >= 11 is 0. The zero-order valence-corrected chi connectivity index (χ0v) is 11.0. The molecule has 0 aromatic carbocycles. The van der Waals surface area contributed by atoms with Gasteiger partial charge in [-0.15, -0.1) is 0 Å². The number of hydrogen-bond acceptors (Lipinski definition) is 4. The lowest BCUT2D eigenvalue weighted by atomic mass is 10.2. The van der Waals surface area contributed by atoms with Gasteiger partial charge in [0.25, 0.3) is 0 Å². The predicted octanol–water partition coefficient (Wildman–Crippen LogP) is 0.729. The number of amides is 2. The maximum absolute atomic E-state index is 11.9. The molecule has 0 bridgehead atoms. The average Bonchev–Trinajstić information content (AvgIpc) is 2.35. The second kappa shape index (κ2) is 7.30. The van der Waals surface area contributed by atoms with E-state index < -0.39 is 12.0 Å². The third kappa shape index (κ3) is 5.80. The minimum absolute atomic E-state index is 0.198. The number of nitrogens with one attached hydrogen (secondary N) is 1. The summed E-state index contributed by atoms with van der Waals surface area (Å²) in [6.45, 7) is 4.17. The molecular weight excluding hydrogens is 248 g/mol. The first-order valence-electron chi connectivity index (χ1n) is 5.98. The number of hydrogen-bond donors (Lipinski definition) is 2. The summed E-state index contributed by atoms with van der Waals surface area (Å²) in [6, 6.07) is 1.28. The first kappa shape index (κ1) is 14.9. The first-order valence-corrected chi connectivity index (χ1v) is 5.98. The van der Waals surface area contributed by atoms with Gasteiger partial charge in [-0.3, -0.25) is 4.79 Å². The Labute approximate surface area is 111 Å². The van der Waals surface area contributed by atoms with E-state index in [9.17, 15) is 9.59 Å². The lowest BCUT2D eigenvalue weighted by molar-refractivity contribution is -0.137. The van der Waals surface area contributed by atoms with Gasteiger partial charge in [-0.1, -0.05) is 13.8 Å². The van der Waals surface area contributed by atoms with Crippen LogP contribution in [-0.2, 0) is 11.3 Å². The van der Waals surface area contributed by atoms with Gasteiger partial charge in [0.1, 0.15) is 12.9 Å². The van der Waals surface area contributed by atoms with E-state index in [1.54, 1.807) is 12.3 Å². The van der Waals surface area contributed by atoms with Crippen LogP contribution in [0.15, 0.2) is 18.6 Å². The van der Waals surface area contributed by atoms with Crippen molar-refractivity contribution in [3.05, 3.63) is 24.3 Å². The van der Waals surface area contributed by atoms with Crippen molar-refractivity contribution in [3.8, 4) is 0 Å². The molecule has 7 heteroatoms. The molecule has 0 atom stereocenters. The van der Waals surface area contributed by atoms with Gasteiger partial charge in [-0.2, -0.15) is 0 Å². The van der Waals surface area contributed by atoms with Crippen molar-refractivity contribution >= 4 is 12.0 Å². The number of aliphatic carboxylic acids is 1. The first-order chi connectivity index (χ1) is 8.99. The molecule has 0 saturated carbocycles. The van der Waals surface area contributed by atoms with Gasteiger partial charge in [-0.05, 0) is 12.0 Å². The quantitative estimate of drug-likeness (QED) is 0.791. The van der Waals surface area contributed by atoms with Crippen LogP contribution in [0.5, 0.6) is 0 Å². The van der Waals surface area contributed by atoms with Crippen LogP contribution in [0.3, 0.4) is 0 Å². The SMILES string of the molecule is CC(C)CN(CC(=O)O)C(=O)NCc1ccncn1. The van der Waals surface area contributed by atoms with Crippen LogP contribution in [0.25, 0.3) is 0 Å². The maximum Gasteiger partial charge on any atom is 0.323 e. The molecule has 2 N–H and O–H groups in total. The summed E-state index contributed by atoms with van der Waals surface area (Å²) in [7, 11) is 0. The van der Waals surface area contributed by atoms with E-state index >= 15 is 0 Å². The van der Waals surface area contributed by atoms with Gasteiger partial charge in [0, 0.05) is 12.7 Å². The Balaban J connectivity index is 2.54. The average molecular weight is 266 g/mol. The molecular formula is C12H18N4O3. The molecule has 0 radical (unpaired) electrons. The summed E-state index contributed by atoms with van der Waals surface area (Å²) in [5.41, 5.74) is 0.670. The van der Waals surface area contributed by atoms with E-state index in [4.69, 9.17) is 5.11 Å². The lowest BCUT2D eigenvalue weighted by Crippen LogP contribution is -2.44. The standard InChI is InChI=1S/C12H18N4O3/c1-9(2)6-16(7-11(17)18)12(19)14-5-10-3-4-13-8-15-10/h3-4,8-9H,5-7H2,1-2H3,(H,14,19)(H,17,18). The van der Waals surface area contributed by atoms with Crippen molar-refractivity contribution in [2.75, 3.05) is 13.1 Å². The molecule has 0 spiro atoms. The number of rotatable bonds is 6. The second-order valence-electron chi connectivity index (χ2n) is 4.53. The number of carbonyl (C=O) groups is 2. The number of aromatic nitrogens is 2. The van der Waals surface area contributed by atoms with Crippen molar-refractivity contribution in [1.29, 1.82) is 0 Å². The molecule has 7 nitrogen and oxygen atoms in total. The number of urea groups is 1. The van der Waals surface area contributed by atoms with Gasteiger partial charge in [0.15, 0.2) is 0 Å². The second-order valence-corrected chi connectivity index (χ2v) is 4.53. The maximum atomic E-state index is 11.9. The fraction of sp³-hybridized carbons (Fsp3) is 0.500. The Morgan fingerprint density at radius 1 is 1.47 bits per heavy atom. The number of carbonyl (C=O) groups excluding carboxylic acids is 1. The van der Waals surface area contributed by atoms with Crippen LogP contribution in [0.1, 0.15) is 19.5 Å². The molecule has 0 fully saturated rings. The van der Waals surface area contributed by atoms with Gasteiger partial charge < -0.3 is 15.3 Å². The Morgan fingerprint density at radius 2 is 2.21 bits per heavy atom. The molecule has 1 aromatic rings. The van der Waals surface area contributed by atoms with Crippen LogP contribution >= 0.6 is 0 Å². The van der Waals surface area contributed by atoms with Crippen LogP contribution in [0.4, 0.5) is 4.79 Å². The predicted molar refractivity (Wildman–Crippen MR) is 68.3 cm³/mol. The highest BCUT2D eigenvalue weighted by atomic mass is 16.4. The van der Waals surface area contributed by atoms with Crippen LogP contribution < -0.4 is 5.32 Å². The molecule has 0 aliphatic rings. The minimum Gasteiger partial charge on any atom is -0.480 e. The molecule has 1 aromatic heterocycles. The third-order valence-corrected chi connectivity index (χ3v) is 2.26. The molecule has 1 rings (SSSR count). The van der Waals surface area contributed by atoms with Gasteiger partial charge in [0.2, 0.25) is 0 Å². The minimum atomic E-state index is -1.03. The summed E-state index contributed by atoms with van der Waals surface area (Å²) in [5, 5.41) is 11.4. The van der Waals surface area contributed by atoms with Crippen molar-refractivity contribution in [2.45, 2.75) is 20.4 Å². The number of carboxylic acids is 1. The Morgan fingerprint density at radius 3 is 2.74 bits per heavy atom. The fourth-order valence-electron chi connectivity index (χ4n) is 1.52. The Kier molecular flexibility index (Phi) is 5.72. The molecule has 2 amide bonds. The summed E-state index contributed by atoms with van der Waals surface area (Å²) in [6.07, 6.45) is 2.97. The summed E-state index contributed by atoms with van der Waals surface area (Å²) < 4.78 is 0. The number of carboxylic acid groups (broad SMARTS) is 1. The van der Waals surface area contributed by atoms with Gasteiger partial charge in [0.05, 0.1) is 12.2 Å². The third-order valence-electron chi connectivity index (χ3n) is 2.26. The molecule has 0 unspecified atom stereocenters. The van der Waals surface area contributed by atoms with E-state index in [-0.39, 0.29) is 19.0 Å². The fourth-order valence-corrected chi connectivity index (χ4v) is 1.52. The van der Waals surface area contributed by atoms with E-state index in [0.717, 1.165) is 0 Å². The summed E-state index contributed by atoms with van der Waals surface area (Å²) in [4.78, 5) is 31.6. The Bertz CT molecular complexity index is 422. The highest BCUT2D eigenvalue weighted by Gasteiger charge is 2.17. The monoisotopic (exact) mass is 266 g/mol. The molecule has 1 heterocycles. The number of nitrogens with zero attached hydrogens (tertiary/aromatic N) is 3. The highest BCUT2D eigenvalue weighted by molar-refractivity contribution is 5.80. The zero-order chi connectivity index (χ0) is 14.3. The molecule has 0 aliphatic carbocycles. The molecule has 0 saturated heterocycles. The highest BCUT2D eigenvalue weighted by Crippen LogP contribution is 2.00. The van der Waals surface area contributed by atoms with Crippen LogP contribution in [0.2, 0.25) is 0 Å². The van der Waals surface area contributed by atoms with Crippen LogP contribution in [-0.4, -0.2) is 45.1 Å².